The van der Waals surface area contributed by atoms with Crippen LogP contribution in [-0.2, 0) is 16.1 Å². The van der Waals surface area contributed by atoms with Crippen molar-refractivity contribution in [1.29, 1.82) is 0 Å². The number of imide groups is 1. The molecule has 1 saturated heterocycles. The number of aryl methyl sites for hydroxylation is 1. The predicted molar refractivity (Wildman–Crippen MR) is 120 cm³/mol. The van der Waals surface area contributed by atoms with Gasteiger partial charge in [0, 0.05) is 17.7 Å². The first kappa shape index (κ1) is 22.4. The minimum Gasteiger partial charge on any atom is -0.496 e. The van der Waals surface area contributed by atoms with Gasteiger partial charge in [0.25, 0.3) is 11.1 Å². The molecule has 162 valence electrons. The smallest absolute Gasteiger partial charge is 0.294 e. The SMILES string of the molecule is COc1ccc(/C=C2\SC(=O)N(CC(=O)NCc3ccc(C)cc3)C2=O)c(OC)c1C. The second-order valence-corrected chi connectivity index (χ2v) is 8.04. The van der Waals surface area contributed by atoms with Gasteiger partial charge in [-0.1, -0.05) is 29.8 Å². The summed E-state index contributed by atoms with van der Waals surface area (Å²) in [5.41, 5.74) is 3.50. The lowest BCUT2D eigenvalue weighted by molar-refractivity contribution is -0.129. The third-order valence-electron chi connectivity index (χ3n) is 4.88. The molecule has 0 saturated carbocycles. The zero-order chi connectivity index (χ0) is 22.5. The van der Waals surface area contributed by atoms with Crippen LogP contribution >= 0.6 is 11.8 Å². The highest BCUT2D eigenvalue weighted by Crippen LogP contribution is 2.37. The molecule has 2 aromatic carbocycles. The van der Waals surface area contributed by atoms with Gasteiger partial charge in [-0.25, -0.2) is 0 Å². The normalized spacial score (nSPS) is 14.8. The number of rotatable bonds is 7. The van der Waals surface area contributed by atoms with Gasteiger partial charge < -0.3 is 14.8 Å². The summed E-state index contributed by atoms with van der Waals surface area (Å²) in [4.78, 5) is 38.6. The van der Waals surface area contributed by atoms with Crippen LogP contribution in [0.3, 0.4) is 0 Å². The Morgan fingerprint density at radius 1 is 1.06 bits per heavy atom. The molecule has 1 heterocycles. The Morgan fingerprint density at radius 3 is 2.42 bits per heavy atom. The number of ether oxygens (including phenoxy) is 2. The van der Waals surface area contributed by atoms with Gasteiger partial charge >= 0.3 is 0 Å². The number of hydrogen-bond donors (Lipinski definition) is 1. The Morgan fingerprint density at radius 2 is 1.77 bits per heavy atom. The number of amides is 3. The van der Waals surface area contributed by atoms with Crippen molar-refractivity contribution >= 4 is 34.9 Å². The summed E-state index contributed by atoms with van der Waals surface area (Å²) in [6, 6.07) is 11.3. The fraction of sp³-hybridized carbons (Fsp3) is 0.261. The molecule has 0 atom stereocenters. The summed E-state index contributed by atoms with van der Waals surface area (Å²) in [7, 11) is 3.10. The first-order chi connectivity index (χ1) is 14.8. The maximum Gasteiger partial charge on any atom is 0.294 e. The van der Waals surface area contributed by atoms with Crippen LogP contribution in [0.2, 0.25) is 0 Å². The molecule has 1 fully saturated rings. The van der Waals surface area contributed by atoms with Gasteiger partial charge in [-0.2, -0.15) is 0 Å². The third-order valence-corrected chi connectivity index (χ3v) is 5.79. The van der Waals surface area contributed by atoms with Gasteiger partial charge in [0.05, 0.1) is 19.1 Å². The zero-order valence-corrected chi connectivity index (χ0v) is 18.7. The van der Waals surface area contributed by atoms with Crippen molar-refractivity contribution in [2.24, 2.45) is 0 Å². The van der Waals surface area contributed by atoms with Crippen molar-refractivity contribution in [3.05, 3.63) is 63.6 Å². The van der Waals surface area contributed by atoms with Crippen LogP contribution in [0.15, 0.2) is 41.3 Å². The number of nitrogens with zero attached hydrogens (tertiary/aromatic N) is 1. The van der Waals surface area contributed by atoms with E-state index in [1.165, 1.54) is 7.11 Å². The van der Waals surface area contributed by atoms with E-state index < -0.39 is 17.1 Å². The number of carbonyl (C=O) groups is 3. The Balaban J connectivity index is 1.70. The highest BCUT2D eigenvalue weighted by molar-refractivity contribution is 8.18. The summed E-state index contributed by atoms with van der Waals surface area (Å²) >= 11 is 0.801. The number of hydrogen-bond acceptors (Lipinski definition) is 6. The second kappa shape index (κ2) is 9.70. The molecule has 0 bridgehead atoms. The molecule has 0 aromatic heterocycles. The van der Waals surface area contributed by atoms with Crippen molar-refractivity contribution in [3.63, 3.8) is 0 Å². The van der Waals surface area contributed by atoms with E-state index >= 15 is 0 Å². The van der Waals surface area contributed by atoms with Crippen LogP contribution in [-0.4, -0.2) is 42.7 Å². The van der Waals surface area contributed by atoms with Gasteiger partial charge in [0.1, 0.15) is 18.0 Å². The quantitative estimate of drug-likeness (QED) is 0.662. The van der Waals surface area contributed by atoms with E-state index in [4.69, 9.17) is 9.47 Å². The molecule has 7 nitrogen and oxygen atoms in total. The van der Waals surface area contributed by atoms with Gasteiger partial charge in [0.15, 0.2) is 0 Å². The van der Waals surface area contributed by atoms with E-state index in [9.17, 15) is 14.4 Å². The standard InChI is InChI=1S/C23H24N2O5S/c1-14-5-7-16(8-6-14)12-24-20(26)13-25-22(27)19(31-23(25)28)11-17-9-10-18(29-3)15(2)21(17)30-4/h5-11H,12-13H2,1-4H3,(H,24,26)/b19-11-. The second-order valence-electron chi connectivity index (χ2n) is 7.05. The van der Waals surface area contributed by atoms with E-state index in [0.29, 0.717) is 23.6 Å². The van der Waals surface area contributed by atoms with Crippen LogP contribution < -0.4 is 14.8 Å². The summed E-state index contributed by atoms with van der Waals surface area (Å²) < 4.78 is 10.7. The highest BCUT2D eigenvalue weighted by atomic mass is 32.2. The average Bonchev–Trinajstić information content (AvgIpc) is 3.01. The van der Waals surface area contributed by atoms with Gasteiger partial charge in [-0.15, -0.1) is 0 Å². The summed E-state index contributed by atoms with van der Waals surface area (Å²) in [5, 5.41) is 2.26. The molecule has 0 spiro atoms. The van der Waals surface area contributed by atoms with E-state index in [2.05, 4.69) is 5.32 Å². The molecule has 1 aliphatic rings. The Hall–Kier alpha value is -3.26. The van der Waals surface area contributed by atoms with Crippen molar-refractivity contribution < 1.29 is 23.9 Å². The molecule has 0 unspecified atom stereocenters. The lowest BCUT2D eigenvalue weighted by atomic mass is 10.1. The Labute approximate surface area is 185 Å². The van der Waals surface area contributed by atoms with Crippen LogP contribution in [0, 0.1) is 13.8 Å². The van der Waals surface area contributed by atoms with Gasteiger partial charge in [-0.3, -0.25) is 19.3 Å². The highest BCUT2D eigenvalue weighted by Gasteiger charge is 2.36. The molecule has 3 amide bonds. The minimum atomic E-state index is -0.504. The van der Waals surface area contributed by atoms with Crippen molar-refractivity contribution in [2.75, 3.05) is 20.8 Å². The maximum absolute atomic E-state index is 12.7. The fourth-order valence-corrected chi connectivity index (χ4v) is 4.01. The molecular formula is C23H24N2O5S. The Kier molecular flexibility index (Phi) is 7.02. The van der Waals surface area contributed by atoms with Crippen molar-refractivity contribution in [1.82, 2.24) is 10.2 Å². The summed E-state index contributed by atoms with van der Waals surface area (Å²) in [6.45, 7) is 3.83. The van der Waals surface area contributed by atoms with Crippen LogP contribution in [0.25, 0.3) is 6.08 Å². The lowest BCUT2D eigenvalue weighted by Crippen LogP contribution is -2.39. The zero-order valence-electron chi connectivity index (χ0n) is 17.9. The van der Waals surface area contributed by atoms with Crippen LogP contribution in [0.1, 0.15) is 22.3 Å². The molecule has 2 aromatic rings. The predicted octanol–water partition coefficient (Wildman–Crippen LogP) is 3.67. The fourth-order valence-electron chi connectivity index (χ4n) is 3.18. The largest absolute Gasteiger partial charge is 0.496 e. The molecule has 0 aliphatic carbocycles. The average molecular weight is 441 g/mol. The minimum absolute atomic E-state index is 0.235. The van der Waals surface area contributed by atoms with Gasteiger partial charge in [-0.05, 0) is 49.4 Å². The van der Waals surface area contributed by atoms with E-state index in [1.54, 1.807) is 25.3 Å². The van der Waals surface area contributed by atoms with E-state index in [-0.39, 0.29) is 11.4 Å². The van der Waals surface area contributed by atoms with E-state index in [0.717, 1.165) is 33.4 Å². The topological polar surface area (TPSA) is 84.9 Å². The number of carbonyl (C=O) groups excluding carboxylic acids is 3. The third kappa shape index (κ3) is 5.08. The molecule has 1 aliphatic heterocycles. The lowest BCUT2D eigenvalue weighted by Gasteiger charge is -2.13. The number of thioether (sulfide) groups is 1. The molecule has 3 rings (SSSR count). The van der Waals surface area contributed by atoms with Crippen molar-refractivity contribution in [2.45, 2.75) is 20.4 Å². The van der Waals surface area contributed by atoms with E-state index in [1.807, 2.05) is 38.1 Å². The molecule has 1 N–H and O–H groups in total. The van der Waals surface area contributed by atoms with Crippen LogP contribution in [0.4, 0.5) is 4.79 Å². The number of benzene rings is 2. The summed E-state index contributed by atoms with van der Waals surface area (Å²) in [5.74, 6) is 0.312. The molecule has 0 radical (unpaired) electrons. The Bertz CT molecular complexity index is 1050. The monoisotopic (exact) mass is 440 g/mol. The summed E-state index contributed by atoms with van der Waals surface area (Å²) in [6.07, 6.45) is 1.60. The maximum atomic E-state index is 12.7. The van der Waals surface area contributed by atoms with Crippen LogP contribution in [0.5, 0.6) is 11.5 Å². The first-order valence-corrected chi connectivity index (χ1v) is 10.4. The van der Waals surface area contributed by atoms with Gasteiger partial charge in [0.2, 0.25) is 5.91 Å². The van der Waals surface area contributed by atoms with Crippen molar-refractivity contribution in [3.8, 4) is 11.5 Å². The first-order valence-electron chi connectivity index (χ1n) is 9.63. The molecular weight excluding hydrogens is 416 g/mol. The number of methoxy groups -OCH3 is 2. The number of nitrogens with one attached hydrogen (secondary N) is 1. The molecule has 31 heavy (non-hydrogen) atoms. The molecule has 8 heteroatoms.